The van der Waals surface area contributed by atoms with E-state index >= 15 is 0 Å². The molecule has 0 bridgehead atoms. The van der Waals surface area contributed by atoms with Crippen LogP contribution in [0.25, 0.3) is 0 Å². The van der Waals surface area contributed by atoms with Crippen LogP contribution in [0.5, 0.6) is 5.75 Å². The van der Waals surface area contributed by atoms with Crippen molar-refractivity contribution in [1.29, 1.82) is 0 Å². The van der Waals surface area contributed by atoms with Crippen LogP contribution < -0.4 is 4.90 Å². The molecule has 1 fully saturated rings. The Hall–Kier alpha value is -2.60. The first-order chi connectivity index (χ1) is 12.5. The Balaban J connectivity index is 1.48. The van der Waals surface area contributed by atoms with Gasteiger partial charge in [-0.15, -0.1) is 0 Å². The summed E-state index contributed by atoms with van der Waals surface area (Å²) in [7, 11) is 0. The van der Waals surface area contributed by atoms with Crippen LogP contribution in [-0.4, -0.2) is 47.2 Å². The molecule has 1 heterocycles. The zero-order valence-corrected chi connectivity index (χ0v) is 15.0. The maximum absolute atomic E-state index is 10.8. The minimum absolute atomic E-state index is 0.134. The predicted molar refractivity (Wildman–Crippen MR) is 103 cm³/mol. The first-order valence-corrected chi connectivity index (χ1v) is 9.04. The summed E-state index contributed by atoms with van der Waals surface area (Å²) in [5.74, 6) is 0.309. The number of phenolic OH excluding ortho intramolecular Hbond substituents is 1. The topological polar surface area (TPSA) is 69.8 Å². The number of aromatic hydroxyl groups is 1. The molecule has 2 aromatic carbocycles. The number of non-ortho nitro benzene ring substituents is 1. The van der Waals surface area contributed by atoms with Crippen LogP contribution in [-0.2, 0) is 6.42 Å². The van der Waals surface area contributed by atoms with Crippen molar-refractivity contribution < 1.29 is 10.0 Å². The number of benzene rings is 2. The van der Waals surface area contributed by atoms with E-state index in [1.54, 1.807) is 24.3 Å². The Labute approximate surface area is 153 Å². The molecule has 6 nitrogen and oxygen atoms in total. The van der Waals surface area contributed by atoms with Gasteiger partial charge < -0.3 is 10.0 Å². The molecule has 0 aromatic heterocycles. The molecule has 3 rings (SSSR count). The maximum Gasteiger partial charge on any atom is 0.269 e. The van der Waals surface area contributed by atoms with Gasteiger partial charge >= 0.3 is 0 Å². The van der Waals surface area contributed by atoms with Crippen molar-refractivity contribution >= 4 is 11.4 Å². The fourth-order valence-corrected chi connectivity index (χ4v) is 3.43. The van der Waals surface area contributed by atoms with Crippen molar-refractivity contribution in [2.75, 3.05) is 31.1 Å². The van der Waals surface area contributed by atoms with Crippen LogP contribution in [0.2, 0.25) is 0 Å². The lowest BCUT2D eigenvalue weighted by Gasteiger charge is -2.39. The third-order valence-corrected chi connectivity index (χ3v) is 5.15. The van der Waals surface area contributed by atoms with Crippen LogP contribution in [0.15, 0.2) is 48.5 Å². The van der Waals surface area contributed by atoms with Crippen LogP contribution >= 0.6 is 0 Å². The fraction of sp³-hybridized carbons (Fsp3) is 0.400. The normalized spacial score (nSPS) is 16.4. The van der Waals surface area contributed by atoms with Gasteiger partial charge in [-0.05, 0) is 49.6 Å². The van der Waals surface area contributed by atoms with Gasteiger partial charge in [0.25, 0.3) is 5.69 Å². The molecule has 26 heavy (non-hydrogen) atoms. The molecule has 6 heteroatoms. The van der Waals surface area contributed by atoms with Gasteiger partial charge in [0.1, 0.15) is 5.75 Å². The van der Waals surface area contributed by atoms with Gasteiger partial charge in [0.05, 0.1) is 4.92 Å². The zero-order chi connectivity index (χ0) is 18.5. The summed E-state index contributed by atoms with van der Waals surface area (Å²) in [5.41, 5.74) is 2.43. The SMILES string of the molecule is C[C@@H](CCc1ccc(O)cc1)N1CCN(c2ccc([N+](=O)[O-])cc2)CC1. The standard InChI is InChI=1S/C20H25N3O3/c1-16(2-3-17-4-10-20(24)11-5-17)21-12-14-22(15-13-21)18-6-8-19(9-7-18)23(25)26/h4-11,16,24H,2-3,12-15H2,1H3/t16-/m0/s1. The van der Waals surface area contributed by atoms with Gasteiger partial charge in [0.2, 0.25) is 0 Å². The molecular formula is C20H25N3O3. The summed E-state index contributed by atoms with van der Waals surface area (Å²) < 4.78 is 0. The molecule has 0 spiro atoms. The highest BCUT2D eigenvalue weighted by Crippen LogP contribution is 2.22. The van der Waals surface area contributed by atoms with Crippen molar-refractivity contribution in [3.63, 3.8) is 0 Å². The van der Waals surface area contributed by atoms with E-state index in [4.69, 9.17) is 0 Å². The van der Waals surface area contributed by atoms with Crippen molar-refractivity contribution in [3.05, 3.63) is 64.2 Å². The molecule has 0 radical (unpaired) electrons. The number of nitro groups is 1. The predicted octanol–water partition coefficient (Wildman–Crippen LogP) is 3.44. The Morgan fingerprint density at radius 1 is 1.04 bits per heavy atom. The molecule has 0 saturated carbocycles. The molecule has 138 valence electrons. The summed E-state index contributed by atoms with van der Waals surface area (Å²) in [5, 5.41) is 20.1. The van der Waals surface area contributed by atoms with E-state index in [1.807, 2.05) is 24.3 Å². The summed E-state index contributed by atoms with van der Waals surface area (Å²) in [6.07, 6.45) is 2.09. The highest BCUT2D eigenvalue weighted by atomic mass is 16.6. The summed E-state index contributed by atoms with van der Waals surface area (Å²) in [6, 6.07) is 14.8. The Morgan fingerprint density at radius 3 is 2.23 bits per heavy atom. The van der Waals surface area contributed by atoms with E-state index in [0.29, 0.717) is 11.8 Å². The molecule has 1 aliphatic rings. The van der Waals surface area contributed by atoms with E-state index in [-0.39, 0.29) is 10.6 Å². The highest BCUT2D eigenvalue weighted by Gasteiger charge is 2.21. The summed E-state index contributed by atoms with van der Waals surface area (Å²) >= 11 is 0. The molecule has 1 atom stereocenters. The Bertz CT molecular complexity index is 723. The van der Waals surface area contributed by atoms with Gasteiger partial charge in [-0.3, -0.25) is 15.0 Å². The largest absolute Gasteiger partial charge is 0.508 e. The molecule has 0 aliphatic carbocycles. The van der Waals surface area contributed by atoms with Crippen LogP contribution in [0.1, 0.15) is 18.9 Å². The van der Waals surface area contributed by atoms with Gasteiger partial charge in [-0.2, -0.15) is 0 Å². The second kappa shape index (κ2) is 8.19. The number of phenols is 1. The molecule has 0 unspecified atom stereocenters. The second-order valence-electron chi connectivity index (χ2n) is 6.85. The summed E-state index contributed by atoms with van der Waals surface area (Å²) in [6.45, 7) is 6.12. The minimum Gasteiger partial charge on any atom is -0.508 e. The van der Waals surface area contributed by atoms with Crippen LogP contribution in [0, 0.1) is 10.1 Å². The van der Waals surface area contributed by atoms with E-state index in [1.165, 1.54) is 5.56 Å². The monoisotopic (exact) mass is 355 g/mol. The average Bonchev–Trinajstić information content (AvgIpc) is 2.67. The van der Waals surface area contributed by atoms with Crippen molar-refractivity contribution in [3.8, 4) is 5.75 Å². The lowest BCUT2D eigenvalue weighted by molar-refractivity contribution is -0.384. The molecule has 1 N–H and O–H groups in total. The number of nitro benzene ring substituents is 1. The minimum atomic E-state index is -0.364. The van der Waals surface area contributed by atoms with E-state index in [0.717, 1.165) is 44.7 Å². The van der Waals surface area contributed by atoms with E-state index < -0.39 is 0 Å². The molecule has 1 saturated heterocycles. The van der Waals surface area contributed by atoms with Gasteiger partial charge in [-0.25, -0.2) is 0 Å². The molecular weight excluding hydrogens is 330 g/mol. The van der Waals surface area contributed by atoms with Crippen molar-refractivity contribution in [2.24, 2.45) is 0 Å². The van der Waals surface area contributed by atoms with Gasteiger partial charge in [0, 0.05) is 50.0 Å². The van der Waals surface area contributed by atoms with Crippen molar-refractivity contribution in [1.82, 2.24) is 4.90 Å². The maximum atomic E-state index is 10.8. The molecule has 1 aliphatic heterocycles. The molecule has 2 aromatic rings. The fourth-order valence-electron chi connectivity index (χ4n) is 3.43. The van der Waals surface area contributed by atoms with Crippen molar-refractivity contribution in [2.45, 2.75) is 25.8 Å². The number of anilines is 1. The average molecular weight is 355 g/mol. The quantitative estimate of drug-likeness (QED) is 0.635. The zero-order valence-electron chi connectivity index (χ0n) is 15.0. The third-order valence-electron chi connectivity index (χ3n) is 5.15. The van der Waals surface area contributed by atoms with Crippen LogP contribution in [0.4, 0.5) is 11.4 Å². The number of hydrogen-bond donors (Lipinski definition) is 1. The number of rotatable bonds is 6. The number of aryl methyl sites for hydroxylation is 1. The lowest BCUT2D eigenvalue weighted by atomic mass is 10.0. The third kappa shape index (κ3) is 4.52. The number of hydrogen-bond acceptors (Lipinski definition) is 5. The first-order valence-electron chi connectivity index (χ1n) is 9.04. The van der Waals surface area contributed by atoms with Crippen LogP contribution in [0.3, 0.4) is 0 Å². The van der Waals surface area contributed by atoms with E-state index in [9.17, 15) is 15.2 Å². The Kier molecular flexibility index (Phi) is 5.73. The second-order valence-corrected chi connectivity index (χ2v) is 6.85. The van der Waals surface area contributed by atoms with Gasteiger partial charge in [-0.1, -0.05) is 12.1 Å². The summed E-state index contributed by atoms with van der Waals surface area (Å²) in [4.78, 5) is 15.2. The molecule has 0 amide bonds. The number of nitrogens with zero attached hydrogens (tertiary/aromatic N) is 3. The number of piperazine rings is 1. The Morgan fingerprint density at radius 2 is 1.65 bits per heavy atom. The first kappa shape index (κ1) is 18.2. The van der Waals surface area contributed by atoms with E-state index in [2.05, 4.69) is 16.7 Å². The lowest BCUT2D eigenvalue weighted by Crippen LogP contribution is -2.49. The highest BCUT2D eigenvalue weighted by molar-refractivity contribution is 5.51. The smallest absolute Gasteiger partial charge is 0.269 e. The van der Waals surface area contributed by atoms with Gasteiger partial charge in [0.15, 0.2) is 0 Å².